The molecule has 37 heavy (non-hydrogen) atoms. The van der Waals surface area contributed by atoms with Crippen molar-refractivity contribution >= 4 is 5.91 Å². The number of aromatic amines is 1. The quantitative estimate of drug-likeness (QED) is 0.476. The second-order valence-electron chi connectivity index (χ2n) is 8.77. The normalized spacial score (nSPS) is 22.7. The molecule has 0 unspecified atom stereocenters. The van der Waals surface area contributed by atoms with Gasteiger partial charge in [-0.05, 0) is 18.6 Å². The van der Waals surface area contributed by atoms with Gasteiger partial charge in [0.1, 0.15) is 12.2 Å². The van der Waals surface area contributed by atoms with Crippen LogP contribution in [0.15, 0.2) is 52.2 Å². The number of H-pyrrole nitrogens is 1. The van der Waals surface area contributed by atoms with Gasteiger partial charge in [-0.25, -0.2) is 18.0 Å². The van der Waals surface area contributed by atoms with Crippen LogP contribution in [-0.4, -0.2) is 45.5 Å². The van der Waals surface area contributed by atoms with Crippen LogP contribution in [0.5, 0.6) is 11.5 Å². The number of nitrogens with one attached hydrogen (secondary N) is 2. The molecule has 0 radical (unpaired) electrons. The lowest BCUT2D eigenvalue weighted by atomic mass is 9.87. The minimum atomic E-state index is -2.04. The third-order valence-corrected chi connectivity index (χ3v) is 6.55. The average molecular weight is 517 g/mol. The Morgan fingerprint density at radius 3 is 2.32 bits per heavy atom. The van der Waals surface area contributed by atoms with E-state index in [0.29, 0.717) is 0 Å². The molecule has 2 aromatic carbocycles. The topological polar surface area (TPSA) is 123 Å². The van der Waals surface area contributed by atoms with Crippen LogP contribution in [0, 0.1) is 11.6 Å². The maximum atomic E-state index is 15.0. The zero-order valence-electron chi connectivity index (χ0n) is 19.4. The molecule has 3 aromatic rings. The van der Waals surface area contributed by atoms with Crippen molar-refractivity contribution in [3.63, 3.8) is 0 Å². The smallest absolute Gasteiger partial charge is 0.330 e. The number of carbonyl (C=O) groups excluding carboxylic acids is 1. The minimum absolute atomic E-state index is 0.164. The SMILES string of the molecule is CCc1cn([C@@H]2O[C@H](CNC(=O)C3c4cccc(F)c4Oc4c(F)cccc43)[C@@H](O)[C@@H]2F)c(=O)[nH]c1=O. The molecule has 0 bridgehead atoms. The molecule has 9 nitrogen and oxygen atoms in total. The number of aryl methyl sites for hydroxylation is 1. The zero-order valence-corrected chi connectivity index (χ0v) is 19.4. The van der Waals surface area contributed by atoms with E-state index in [9.17, 15) is 32.7 Å². The number of alkyl halides is 1. The second kappa shape index (κ2) is 9.52. The van der Waals surface area contributed by atoms with Gasteiger partial charge in [-0.2, -0.15) is 0 Å². The van der Waals surface area contributed by atoms with Crippen molar-refractivity contribution in [2.75, 3.05) is 6.54 Å². The van der Waals surface area contributed by atoms with Crippen LogP contribution < -0.4 is 21.3 Å². The van der Waals surface area contributed by atoms with Crippen molar-refractivity contribution in [2.24, 2.45) is 0 Å². The van der Waals surface area contributed by atoms with Crippen molar-refractivity contribution in [1.29, 1.82) is 0 Å². The molecule has 0 spiro atoms. The van der Waals surface area contributed by atoms with Gasteiger partial charge in [-0.15, -0.1) is 0 Å². The average Bonchev–Trinajstić information content (AvgIpc) is 3.15. The van der Waals surface area contributed by atoms with Crippen LogP contribution in [0.3, 0.4) is 0 Å². The summed E-state index contributed by atoms with van der Waals surface area (Å²) in [6, 6.07) is 7.95. The van der Waals surface area contributed by atoms with E-state index >= 15 is 0 Å². The summed E-state index contributed by atoms with van der Waals surface area (Å²) in [5, 5.41) is 13.0. The number of ether oxygens (including phenoxy) is 2. The lowest BCUT2D eigenvalue weighted by molar-refractivity contribution is -0.123. The largest absolute Gasteiger partial charge is 0.451 e. The van der Waals surface area contributed by atoms with Gasteiger partial charge in [0.15, 0.2) is 35.5 Å². The van der Waals surface area contributed by atoms with Crippen molar-refractivity contribution in [1.82, 2.24) is 14.9 Å². The summed E-state index contributed by atoms with van der Waals surface area (Å²) in [7, 11) is 0. The Morgan fingerprint density at radius 1 is 1.11 bits per heavy atom. The molecule has 1 aromatic heterocycles. The first-order valence-electron chi connectivity index (χ1n) is 11.6. The molecular weight excluding hydrogens is 495 g/mol. The first-order chi connectivity index (χ1) is 17.7. The van der Waals surface area contributed by atoms with E-state index in [1.54, 1.807) is 6.92 Å². The van der Waals surface area contributed by atoms with E-state index in [-0.39, 0.29) is 41.2 Å². The van der Waals surface area contributed by atoms with Crippen molar-refractivity contribution in [3.8, 4) is 11.5 Å². The highest BCUT2D eigenvalue weighted by molar-refractivity contribution is 5.89. The van der Waals surface area contributed by atoms with E-state index in [0.717, 1.165) is 16.7 Å². The number of hydrogen-bond donors (Lipinski definition) is 3. The Balaban J connectivity index is 1.39. The fraction of sp³-hybridized carbons (Fsp3) is 0.320. The van der Waals surface area contributed by atoms with E-state index in [1.807, 2.05) is 0 Å². The van der Waals surface area contributed by atoms with Crippen LogP contribution >= 0.6 is 0 Å². The number of carbonyl (C=O) groups is 1. The zero-order chi connectivity index (χ0) is 26.4. The number of halogens is 3. The maximum absolute atomic E-state index is 15.0. The van der Waals surface area contributed by atoms with Gasteiger partial charge < -0.3 is 19.9 Å². The fourth-order valence-corrected chi connectivity index (χ4v) is 4.64. The predicted molar refractivity (Wildman–Crippen MR) is 123 cm³/mol. The van der Waals surface area contributed by atoms with Gasteiger partial charge in [-0.1, -0.05) is 31.2 Å². The lowest BCUT2D eigenvalue weighted by Crippen LogP contribution is -2.41. The first kappa shape index (κ1) is 24.8. The monoisotopic (exact) mass is 517 g/mol. The molecule has 1 amide bonds. The van der Waals surface area contributed by atoms with Crippen LogP contribution in [0.2, 0.25) is 0 Å². The summed E-state index contributed by atoms with van der Waals surface area (Å²) >= 11 is 0. The van der Waals surface area contributed by atoms with Crippen LogP contribution in [-0.2, 0) is 16.0 Å². The molecule has 4 atom stereocenters. The molecule has 3 N–H and O–H groups in total. The summed E-state index contributed by atoms with van der Waals surface area (Å²) in [5.74, 6) is -3.98. The van der Waals surface area contributed by atoms with E-state index in [1.165, 1.54) is 30.5 Å². The van der Waals surface area contributed by atoms with Gasteiger partial charge in [0.25, 0.3) is 5.56 Å². The highest BCUT2D eigenvalue weighted by Gasteiger charge is 2.46. The molecule has 194 valence electrons. The second-order valence-corrected chi connectivity index (χ2v) is 8.77. The van der Waals surface area contributed by atoms with E-state index in [2.05, 4.69) is 10.3 Å². The summed E-state index contributed by atoms with van der Waals surface area (Å²) in [5.41, 5.74) is -0.969. The number of rotatable bonds is 5. The number of aliphatic hydroxyl groups is 1. The molecule has 3 heterocycles. The van der Waals surface area contributed by atoms with Crippen LogP contribution in [0.1, 0.15) is 35.8 Å². The lowest BCUT2D eigenvalue weighted by Gasteiger charge is -2.28. The van der Waals surface area contributed by atoms with Gasteiger partial charge >= 0.3 is 5.69 Å². The molecule has 12 heteroatoms. The van der Waals surface area contributed by atoms with Crippen molar-refractivity contribution in [3.05, 3.63) is 91.8 Å². The Labute approximate surface area is 207 Å². The molecule has 2 aliphatic heterocycles. The van der Waals surface area contributed by atoms with Gasteiger partial charge in [-0.3, -0.25) is 19.1 Å². The number of hydrogen-bond acceptors (Lipinski definition) is 6. The Hall–Kier alpha value is -3.90. The fourth-order valence-electron chi connectivity index (χ4n) is 4.64. The highest BCUT2D eigenvalue weighted by atomic mass is 19.1. The van der Waals surface area contributed by atoms with Crippen LogP contribution in [0.25, 0.3) is 0 Å². The molecule has 2 aliphatic rings. The number of benzene rings is 2. The van der Waals surface area contributed by atoms with Gasteiger partial charge in [0, 0.05) is 29.4 Å². The third-order valence-electron chi connectivity index (χ3n) is 6.55. The number of fused-ring (bicyclic) bond motifs is 2. The van der Waals surface area contributed by atoms with E-state index < -0.39 is 59.3 Å². The predicted octanol–water partition coefficient (Wildman–Crippen LogP) is 2.03. The van der Waals surface area contributed by atoms with Gasteiger partial charge in [0.2, 0.25) is 5.91 Å². The number of aliphatic hydroxyl groups excluding tert-OH is 1. The van der Waals surface area contributed by atoms with Crippen molar-refractivity contribution in [2.45, 2.75) is 43.9 Å². The number of para-hydroxylation sites is 2. The number of aromatic nitrogens is 2. The van der Waals surface area contributed by atoms with E-state index in [4.69, 9.17) is 9.47 Å². The molecular formula is C25H22F3N3O6. The molecule has 1 fully saturated rings. The molecule has 5 rings (SSSR count). The summed E-state index contributed by atoms with van der Waals surface area (Å²) < 4.78 is 55.7. The third kappa shape index (κ3) is 4.21. The summed E-state index contributed by atoms with van der Waals surface area (Å²) in [6.07, 6.45) is -5.10. The highest BCUT2D eigenvalue weighted by Crippen LogP contribution is 2.46. The molecule has 1 saturated heterocycles. The first-order valence-corrected chi connectivity index (χ1v) is 11.6. The van der Waals surface area contributed by atoms with Crippen LogP contribution in [0.4, 0.5) is 13.2 Å². The Bertz CT molecular complexity index is 1440. The maximum Gasteiger partial charge on any atom is 0.330 e. The number of nitrogens with zero attached hydrogens (tertiary/aromatic N) is 1. The minimum Gasteiger partial charge on any atom is -0.451 e. The Morgan fingerprint density at radius 2 is 1.73 bits per heavy atom. The molecule has 0 aliphatic carbocycles. The van der Waals surface area contributed by atoms with Gasteiger partial charge in [0.05, 0.1) is 5.92 Å². The van der Waals surface area contributed by atoms with Crippen molar-refractivity contribution < 1.29 is 32.5 Å². The molecule has 0 saturated carbocycles. The Kier molecular flexibility index (Phi) is 6.38. The summed E-state index contributed by atoms with van der Waals surface area (Å²) in [4.78, 5) is 39.5. The standard InChI is InChI=1S/C25H22F3N3O6/c1-2-11-10-31(25(35)30-22(11)33)24-18(28)19(32)16(36-24)9-29-23(34)17-12-5-3-7-14(26)20(12)37-21-13(17)6-4-8-15(21)27/h3-8,10,16-19,24,32H,2,9H2,1H3,(H,29,34)(H,30,33,35)/t16-,18+,19-,24-/m1/s1. The summed E-state index contributed by atoms with van der Waals surface area (Å²) in [6.45, 7) is 1.31. The number of amides is 1.